The lowest BCUT2D eigenvalue weighted by molar-refractivity contribution is -0.138. The average molecular weight is 274 g/mol. The van der Waals surface area contributed by atoms with E-state index in [1.807, 2.05) is 0 Å². The van der Waals surface area contributed by atoms with Crippen LogP contribution < -0.4 is 9.47 Å². The van der Waals surface area contributed by atoms with Crippen LogP contribution in [0.1, 0.15) is 25.8 Å². The highest BCUT2D eigenvalue weighted by atomic mass is 19.1. The molecule has 0 atom stereocenters. The van der Waals surface area contributed by atoms with Gasteiger partial charge in [-0.3, -0.25) is 4.79 Å². The molecule has 0 aliphatic carbocycles. The first-order valence-corrected chi connectivity index (χ1v) is 5.56. The molecule has 0 aliphatic rings. The van der Waals surface area contributed by atoms with Gasteiger partial charge in [-0.05, 0) is 0 Å². The molecule has 0 radical (unpaired) electrons. The van der Waals surface area contributed by atoms with Crippen molar-refractivity contribution in [2.75, 3.05) is 14.2 Å². The van der Waals surface area contributed by atoms with E-state index in [0.717, 1.165) is 0 Å². The Bertz CT molecular complexity index is 470. The molecule has 0 amide bonds. The monoisotopic (exact) mass is 274 g/mol. The zero-order chi connectivity index (χ0) is 14.8. The first kappa shape index (κ1) is 15.2. The summed E-state index contributed by atoms with van der Waals surface area (Å²) < 4.78 is 37.3. The van der Waals surface area contributed by atoms with Crippen molar-refractivity contribution >= 4 is 5.97 Å². The topological polar surface area (TPSA) is 55.8 Å². The summed E-state index contributed by atoms with van der Waals surface area (Å²) >= 11 is 0. The molecular weight excluding hydrogens is 258 g/mol. The lowest BCUT2D eigenvalue weighted by Gasteiger charge is -2.27. The van der Waals surface area contributed by atoms with Gasteiger partial charge >= 0.3 is 5.97 Å². The first-order valence-electron chi connectivity index (χ1n) is 5.56. The summed E-state index contributed by atoms with van der Waals surface area (Å²) in [5.41, 5.74) is -0.983. The standard InChI is InChI=1S/C13H16F2O4/c1-13(2,6-9(16)17)10-11(18-3)7(14)5-8(15)12(10)19-4/h5H,6H2,1-4H3,(H,16,17). The molecule has 106 valence electrons. The van der Waals surface area contributed by atoms with Crippen LogP contribution >= 0.6 is 0 Å². The maximum atomic E-state index is 13.7. The van der Waals surface area contributed by atoms with Crippen LogP contribution in [0.4, 0.5) is 8.78 Å². The van der Waals surface area contributed by atoms with E-state index in [4.69, 9.17) is 14.6 Å². The molecule has 0 saturated heterocycles. The van der Waals surface area contributed by atoms with Crippen LogP contribution in [0.2, 0.25) is 0 Å². The van der Waals surface area contributed by atoms with E-state index in [-0.39, 0.29) is 23.5 Å². The molecule has 0 saturated carbocycles. The number of carboxylic acid groups (broad SMARTS) is 1. The Morgan fingerprint density at radius 2 is 1.63 bits per heavy atom. The van der Waals surface area contributed by atoms with Gasteiger partial charge in [0.15, 0.2) is 23.1 Å². The van der Waals surface area contributed by atoms with E-state index in [0.29, 0.717) is 6.07 Å². The predicted octanol–water partition coefficient (Wildman–Crippen LogP) is 2.73. The number of aliphatic carboxylic acids is 1. The number of carbonyl (C=O) groups is 1. The van der Waals surface area contributed by atoms with Crippen molar-refractivity contribution in [2.45, 2.75) is 25.7 Å². The van der Waals surface area contributed by atoms with Gasteiger partial charge in [0.25, 0.3) is 0 Å². The molecule has 1 rings (SSSR count). The number of carboxylic acids is 1. The molecule has 0 bridgehead atoms. The fraction of sp³-hybridized carbons (Fsp3) is 0.462. The Morgan fingerprint density at radius 1 is 1.21 bits per heavy atom. The second kappa shape index (κ2) is 5.42. The Hall–Kier alpha value is -1.85. The minimum atomic E-state index is -1.08. The largest absolute Gasteiger partial charge is 0.493 e. The van der Waals surface area contributed by atoms with Crippen molar-refractivity contribution in [3.63, 3.8) is 0 Å². The van der Waals surface area contributed by atoms with Crippen molar-refractivity contribution in [3.05, 3.63) is 23.3 Å². The fourth-order valence-electron chi connectivity index (χ4n) is 2.06. The first-order chi connectivity index (χ1) is 8.74. The summed E-state index contributed by atoms with van der Waals surface area (Å²) in [5, 5.41) is 8.91. The smallest absolute Gasteiger partial charge is 0.304 e. The minimum Gasteiger partial charge on any atom is -0.493 e. The summed E-state index contributed by atoms with van der Waals surface area (Å²) in [7, 11) is 2.46. The lowest BCUT2D eigenvalue weighted by Crippen LogP contribution is -2.24. The molecule has 0 aromatic heterocycles. The highest BCUT2D eigenvalue weighted by Crippen LogP contribution is 2.43. The highest BCUT2D eigenvalue weighted by Gasteiger charge is 2.34. The van der Waals surface area contributed by atoms with E-state index in [9.17, 15) is 13.6 Å². The molecule has 0 fully saturated rings. The summed E-state index contributed by atoms with van der Waals surface area (Å²) in [4.78, 5) is 10.9. The summed E-state index contributed by atoms with van der Waals surface area (Å²) in [6, 6.07) is 0.651. The molecule has 0 spiro atoms. The van der Waals surface area contributed by atoms with Crippen LogP contribution in [0.25, 0.3) is 0 Å². The maximum absolute atomic E-state index is 13.7. The van der Waals surface area contributed by atoms with Gasteiger partial charge < -0.3 is 14.6 Å². The van der Waals surface area contributed by atoms with Gasteiger partial charge in [-0.25, -0.2) is 8.78 Å². The number of hydrogen-bond acceptors (Lipinski definition) is 3. The third-order valence-corrected chi connectivity index (χ3v) is 2.82. The Balaban J connectivity index is 3.58. The normalized spacial score (nSPS) is 11.3. The molecule has 1 aromatic rings. The number of hydrogen-bond donors (Lipinski definition) is 1. The van der Waals surface area contributed by atoms with Crippen LogP contribution in [0.3, 0.4) is 0 Å². The van der Waals surface area contributed by atoms with Crippen LogP contribution in [0.5, 0.6) is 11.5 Å². The predicted molar refractivity (Wildman–Crippen MR) is 64.7 cm³/mol. The molecule has 0 heterocycles. The summed E-state index contributed by atoms with van der Waals surface area (Å²) in [6.07, 6.45) is -0.317. The summed E-state index contributed by atoms with van der Waals surface area (Å²) in [5.74, 6) is -3.28. The van der Waals surface area contributed by atoms with Crippen molar-refractivity contribution in [3.8, 4) is 11.5 Å². The van der Waals surface area contributed by atoms with Crippen molar-refractivity contribution < 1.29 is 28.2 Å². The lowest BCUT2D eigenvalue weighted by atomic mass is 9.80. The number of methoxy groups -OCH3 is 2. The van der Waals surface area contributed by atoms with Crippen LogP contribution in [-0.2, 0) is 10.2 Å². The molecule has 19 heavy (non-hydrogen) atoms. The quantitative estimate of drug-likeness (QED) is 0.897. The third-order valence-electron chi connectivity index (χ3n) is 2.82. The van der Waals surface area contributed by atoms with Gasteiger partial charge in [0.1, 0.15) is 0 Å². The van der Waals surface area contributed by atoms with Gasteiger partial charge in [0.2, 0.25) is 0 Å². The highest BCUT2D eigenvalue weighted by molar-refractivity contribution is 5.70. The number of benzene rings is 1. The van der Waals surface area contributed by atoms with E-state index in [2.05, 4.69) is 0 Å². The zero-order valence-corrected chi connectivity index (χ0v) is 11.2. The molecule has 6 heteroatoms. The number of ether oxygens (including phenoxy) is 2. The second-order valence-corrected chi connectivity index (χ2v) is 4.74. The molecule has 0 aliphatic heterocycles. The molecule has 1 aromatic carbocycles. The Kier molecular flexibility index (Phi) is 4.34. The van der Waals surface area contributed by atoms with E-state index >= 15 is 0 Å². The second-order valence-electron chi connectivity index (χ2n) is 4.74. The average Bonchev–Trinajstić information content (AvgIpc) is 2.26. The minimum absolute atomic E-state index is 0.0670. The maximum Gasteiger partial charge on any atom is 0.304 e. The summed E-state index contributed by atoms with van der Waals surface area (Å²) in [6.45, 7) is 3.11. The van der Waals surface area contributed by atoms with Gasteiger partial charge in [-0.1, -0.05) is 13.8 Å². The molecule has 0 unspecified atom stereocenters. The van der Waals surface area contributed by atoms with Crippen molar-refractivity contribution in [2.24, 2.45) is 0 Å². The SMILES string of the molecule is COc1c(F)cc(F)c(OC)c1C(C)(C)CC(=O)O. The molecule has 4 nitrogen and oxygen atoms in total. The van der Waals surface area contributed by atoms with Gasteiger partial charge in [0, 0.05) is 17.0 Å². The molecular formula is C13H16F2O4. The Morgan fingerprint density at radius 3 is 1.95 bits per heavy atom. The molecule has 1 N–H and O–H groups in total. The number of rotatable bonds is 5. The number of halogens is 2. The van der Waals surface area contributed by atoms with Crippen LogP contribution in [0, 0.1) is 11.6 Å². The fourth-order valence-corrected chi connectivity index (χ4v) is 2.06. The van der Waals surface area contributed by atoms with Crippen LogP contribution in [0.15, 0.2) is 6.07 Å². The van der Waals surface area contributed by atoms with Gasteiger partial charge in [-0.2, -0.15) is 0 Å². The van der Waals surface area contributed by atoms with E-state index < -0.39 is 23.0 Å². The van der Waals surface area contributed by atoms with Crippen molar-refractivity contribution in [1.29, 1.82) is 0 Å². The third kappa shape index (κ3) is 2.94. The van der Waals surface area contributed by atoms with E-state index in [1.54, 1.807) is 13.8 Å². The van der Waals surface area contributed by atoms with E-state index in [1.165, 1.54) is 14.2 Å². The van der Waals surface area contributed by atoms with Crippen molar-refractivity contribution in [1.82, 2.24) is 0 Å². The van der Waals surface area contributed by atoms with Gasteiger partial charge in [0.05, 0.1) is 20.6 Å². The Labute approximate surface area is 109 Å². The zero-order valence-electron chi connectivity index (χ0n) is 11.2. The van der Waals surface area contributed by atoms with Crippen LogP contribution in [-0.4, -0.2) is 25.3 Å². The van der Waals surface area contributed by atoms with Gasteiger partial charge in [-0.15, -0.1) is 0 Å².